The number of rotatable bonds is 4. The molecule has 0 saturated heterocycles. The lowest BCUT2D eigenvalue weighted by atomic mass is 10.1. The lowest BCUT2D eigenvalue weighted by Gasteiger charge is -2.11. The predicted octanol–water partition coefficient (Wildman–Crippen LogP) is 4.69. The van der Waals surface area contributed by atoms with Gasteiger partial charge < -0.3 is 0 Å². The van der Waals surface area contributed by atoms with E-state index >= 15 is 0 Å². The third-order valence-electron chi connectivity index (χ3n) is 4.27. The standard InChI is InChI=1S/C19H22ClN3/c1-5-17-22-18-13(3)10-14(4)21-19(18)23(17)16-7-6-15(8-9-20)12(2)11-16/h6-7,10-11H,5,8-9H2,1-4H3. The van der Waals surface area contributed by atoms with Gasteiger partial charge in [-0.2, -0.15) is 0 Å². The van der Waals surface area contributed by atoms with Crippen molar-refractivity contribution in [3.63, 3.8) is 0 Å². The number of imidazole rings is 1. The van der Waals surface area contributed by atoms with Crippen molar-refractivity contribution in [2.24, 2.45) is 0 Å². The summed E-state index contributed by atoms with van der Waals surface area (Å²) in [6.07, 6.45) is 1.77. The molecule has 0 radical (unpaired) electrons. The molecule has 2 heterocycles. The molecule has 0 aliphatic carbocycles. The molecule has 0 fully saturated rings. The van der Waals surface area contributed by atoms with Gasteiger partial charge in [0.15, 0.2) is 5.65 Å². The zero-order valence-electron chi connectivity index (χ0n) is 14.2. The molecule has 2 aromatic heterocycles. The number of nitrogens with zero attached hydrogens (tertiary/aromatic N) is 3. The topological polar surface area (TPSA) is 30.7 Å². The van der Waals surface area contributed by atoms with Crippen LogP contribution in [0, 0.1) is 20.8 Å². The number of hydrogen-bond acceptors (Lipinski definition) is 2. The predicted molar refractivity (Wildman–Crippen MR) is 96.9 cm³/mol. The Balaban J connectivity index is 2.24. The van der Waals surface area contributed by atoms with Gasteiger partial charge in [-0.3, -0.25) is 4.57 Å². The van der Waals surface area contributed by atoms with Crippen molar-refractivity contribution in [2.75, 3.05) is 5.88 Å². The van der Waals surface area contributed by atoms with Crippen LogP contribution in [0.4, 0.5) is 0 Å². The highest BCUT2D eigenvalue weighted by Crippen LogP contribution is 2.25. The summed E-state index contributed by atoms with van der Waals surface area (Å²) >= 11 is 5.88. The van der Waals surface area contributed by atoms with Crippen LogP contribution in [-0.4, -0.2) is 20.4 Å². The summed E-state index contributed by atoms with van der Waals surface area (Å²) in [5, 5.41) is 0. The highest BCUT2D eigenvalue weighted by molar-refractivity contribution is 6.18. The summed E-state index contributed by atoms with van der Waals surface area (Å²) in [6, 6.07) is 8.62. The minimum atomic E-state index is 0.647. The molecule has 120 valence electrons. The highest BCUT2D eigenvalue weighted by atomic mass is 35.5. The average Bonchev–Trinajstić information content (AvgIpc) is 2.88. The Hall–Kier alpha value is -1.87. The highest BCUT2D eigenvalue weighted by Gasteiger charge is 2.15. The van der Waals surface area contributed by atoms with Crippen LogP contribution in [0.2, 0.25) is 0 Å². The second kappa shape index (κ2) is 6.32. The van der Waals surface area contributed by atoms with Crippen LogP contribution in [0.3, 0.4) is 0 Å². The van der Waals surface area contributed by atoms with Crippen LogP contribution in [0.25, 0.3) is 16.9 Å². The molecule has 0 unspecified atom stereocenters. The van der Waals surface area contributed by atoms with Gasteiger partial charge in [0.1, 0.15) is 11.3 Å². The Morgan fingerprint density at radius 2 is 1.83 bits per heavy atom. The summed E-state index contributed by atoms with van der Waals surface area (Å²) < 4.78 is 2.19. The maximum atomic E-state index is 5.88. The largest absolute Gasteiger partial charge is 0.281 e. The Labute approximate surface area is 142 Å². The van der Waals surface area contributed by atoms with Crippen LogP contribution in [0.5, 0.6) is 0 Å². The molecule has 0 aliphatic heterocycles. The summed E-state index contributed by atoms with van der Waals surface area (Å²) in [7, 11) is 0. The van der Waals surface area contributed by atoms with Crippen LogP contribution in [0.1, 0.15) is 35.1 Å². The van der Waals surface area contributed by atoms with Gasteiger partial charge in [-0.15, -0.1) is 11.6 Å². The molecule has 3 nitrogen and oxygen atoms in total. The normalized spacial score (nSPS) is 11.3. The van der Waals surface area contributed by atoms with Crippen LogP contribution >= 0.6 is 11.6 Å². The number of halogens is 1. The maximum Gasteiger partial charge on any atom is 0.165 e. The van der Waals surface area contributed by atoms with Crippen LogP contribution in [-0.2, 0) is 12.8 Å². The van der Waals surface area contributed by atoms with Gasteiger partial charge in [-0.05, 0) is 62.1 Å². The van der Waals surface area contributed by atoms with E-state index in [0.29, 0.717) is 5.88 Å². The quantitative estimate of drug-likeness (QED) is 0.651. The summed E-state index contributed by atoms with van der Waals surface area (Å²) in [5.41, 5.74) is 7.82. The molecule has 23 heavy (non-hydrogen) atoms. The van der Waals surface area contributed by atoms with E-state index in [4.69, 9.17) is 21.6 Å². The van der Waals surface area contributed by atoms with Gasteiger partial charge in [0, 0.05) is 23.7 Å². The summed E-state index contributed by atoms with van der Waals surface area (Å²) in [6.45, 7) is 8.40. The van der Waals surface area contributed by atoms with E-state index in [2.05, 4.69) is 49.6 Å². The minimum Gasteiger partial charge on any atom is -0.281 e. The molecule has 0 bridgehead atoms. The zero-order chi connectivity index (χ0) is 16.6. The van der Waals surface area contributed by atoms with Gasteiger partial charge in [0.25, 0.3) is 0 Å². The number of benzene rings is 1. The Morgan fingerprint density at radius 1 is 1.04 bits per heavy atom. The average molecular weight is 328 g/mol. The van der Waals surface area contributed by atoms with E-state index < -0.39 is 0 Å². The van der Waals surface area contributed by atoms with Gasteiger partial charge in [-0.1, -0.05) is 13.0 Å². The van der Waals surface area contributed by atoms with Crippen LogP contribution < -0.4 is 0 Å². The van der Waals surface area contributed by atoms with Crippen LogP contribution in [0.15, 0.2) is 24.3 Å². The number of alkyl halides is 1. The van der Waals surface area contributed by atoms with E-state index in [1.807, 2.05) is 6.92 Å². The van der Waals surface area contributed by atoms with Crippen molar-refractivity contribution in [2.45, 2.75) is 40.5 Å². The van der Waals surface area contributed by atoms with Crippen molar-refractivity contribution < 1.29 is 0 Å². The number of hydrogen-bond donors (Lipinski definition) is 0. The first-order valence-electron chi connectivity index (χ1n) is 8.06. The molecule has 0 amide bonds. The number of pyridine rings is 1. The number of fused-ring (bicyclic) bond motifs is 1. The minimum absolute atomic E-state index is 0.647. The van der Waals surface area contributed by atoms with Crippen molar-refractivity contribution in [1.29, 1.82) is 0 Å². The fourth-order valence-electron chi connectivity index (χ4n) is 3.12. The van der Waals surface area contributed by atoms with E-state index in [1.54, 1.807) is 0 Å². The lowest BCUT2D eigenvalue weighted by Crippen LogP contribution is -2.03. The van der Waals surface area contributed by atoms with E-state index in [9.17, 15) is 0 Å². The molecular weight excluding hydrogens is 306 g/mol. The van der Waals surface area contributed by atoms with Gasteiger partial charge in [0.2, 0.25) is 0 Å². The molecule has 0 atom stereocenters. The second-order valence-electron chi connectivity index (χ2n) is 6.02. The summed E-state index contributed by atoms with van der Waals surface area (Å²) in [5.74, 6) is 1.69. The first kappa shape index (κ1) is 16.0. The SMILES string of the molecule is CCc1nc2c(C)cc(C)nc2n1-c1ccc(CCCl)c(C)c1. The number of aryl methyl sites for hydroxylation is 5. The molecule has 0 aliphatic rings. The Kier molecular flexibility index (Phi) is 4.40. The Morgan fingerprint density at radius 3 is 2.48 bits per heavy atom. The monoisotopic (exact) mass is 327 g/mol. The first-order valence-corrected chi connectivity index (χ1v) is 8.60. The molecular formula is C19H22ClN3. The van der Waals surface area contributed by atoms with E-state index in [-0.39, 0.29) is 0 Å². The van der Waals surface area contributed by atoms with Gasteiger partial charge in [-0.25, -0.2) is 9.97 Å². The van der Waals surface area contributed by atoms with Gasteiger partial charge >= 0.3 is 0 Å². The van der Waals surface area contributed by atoms with E-state index in [1.165, 1.54) is 16.7 Å². The third-order valence-corrected chi connectivity index (χ3v) is 4.46. The second-order valence-corrected chi connectivity index (χ2v) is 6.40. The van der Waals surface area contributed by atoms with Crippen molar-refractivity contribution >= 4 is 22.8 Å². The van der Waals surface area contributed by atoms with Crippen molar-refractivity contribution in [3.8, 4) is 5.69 Å². The maximum absolute atomic E-state index is 5.88. The molecule has 4 heteroatoms. The molecule has 3 rings (SSSR count). The smallest absolute Gasteiger partial charge is 0.165 e. The fourth-order valence-corrected chi connectivity index (χ4v) is 3.32. The third kappa shape index (κ3) is 2.86. The van der Waals surface area contributed by atoms with Gasteiger partial charge in [0.05, 0.1) is 0 Å². The lowest BCUT2D eigenvalue weighted by molar-refractivity contribution is 0.897. The summed E-state index contributed by atoms with van der Waals surface area (Å²) in [4.78, 5) is 9.57. The van der Waals surface area contributed by atoms with Crippen molar-refractivity contribution in [3.05, 3.63) is 52.5 Å². The molecule has 0 spiro atoms. The Bertz CT molecular complexity index is 865. The van der Waals surface area contributed by atoms with Crippen molar-refractivity contribution in [1.82, 2.24) is 14.5 Å². The molecule has 1 aromatic carbocycles. The van der Waals surface area contributed by atoms with E-state index in [0.717, 1.165) is 41.2 Å². The zero-order valence-corrected chi connectivity index (χ0v) is 14.9. The number of aromatic nitrogens is 3. The molecule has 3 aromatic rings. The molecule has 0 N–H and O–H groups in total. The fraction of sp³-hybridized carbons (Fsp3) is 0.368. The molecule has 0 saturated carbocycles. The first-order chi connectivity index (χ1) is 11.0.